The predicted octanol–water partition coefficient (Wildman–Crippen LogP) is 8.80. The maximum atomic E-state index is 6.82. The standard InChI is InChI=1S/C45H33N3O/c1-2-12-30(13-3-1)37-22-23-38(41-39-26-33-16-8-9-17-34(33)27-40(39)49-42(37)41)45-47-43(35-20-18-28-10-4-6-14-31(28)24-35)46-44(48-45)36-21-19-29-11-5-7-15-32(29)25-36/h1-20,22-27,36,44-45,48H,21H2,(H,46,47). The summed E-state index contributed by atoms with van der Waals surface area (Å²) in [5.74, 6) is 1.12. The molecular formula is C45H33N3O. The van der Waals surface area contributed by atoms with Crippen molar-refractivity contribution in [2.45, 2.75) is 18.8 Å². The van der Waals surface area contributed by atoms with Gasteiger partial charge in [-0.25, -0.2) is 4.99 Å². The fraction of sp³-hybridized carbons (Fsp3) is 0.0889. The summed E-state index contributed by atoms with van der Waals surface area (Å²) in [7, 11) is 0. The van der Waals surface area contributed by atoms with E-state index in [0.717, 1.165) is 61.8 Å². The lowest BCUT2D eigenvalue weighted by Gasteiger charge is -2.36. The van der Waals surface area contributed by atoms with Crippen molar-refractivity contribution in [3.8, 4) is 11.1 Å². The van der Waals surface area contributed by atoms with E-state index in [9.17, 15) is 0 Å². The molecule has 7 aromatic carbocycles. The first kappa shape index (κ1) is 28.1. The summed E-state index contributed by atoms with van der Waals surface area (Å²) in [5, 5.41) is 17.3. The number of hydrogen-bond donors (Lipinski definition) is 2. The molecule has 4 heteroatoms. The Hall–Kier alpha value is -5.97. The average Bonchev–Trinajstić information content (AvgIpc) is 3.54. The SMILES string of the molecule is C1=c2ccccc2=CC(C2NC(c3ccc4ccccc4c3)=NC(c3ccc(-c4ccccc4)c4oc5cc6ccccc6cc5c34)N2)C1. The van der Waals surface area contributed by atoms with Crippen LogP contribution in [0.25, 0.3) is 66.8 Å². The smallest absolute Gasteiger partial charge is 0.143 e. The molecule has 49 heavy (non-hydrogen) atoms. The predicted molar refractivity (Wildman–Crippen MR) is 203 cm³/mol. The maximum Gasteiger partial charge on any atom is 0.143 e. The Bertz CT molecular complexity index is 2730. The van der Waals surface area contributed by atoms with Gasteiger partial charge in [-0.2, -0.15) is 0 Å². The molecule has 1 aromatic heterocycles. The largest absolute Gasteiger partial charge is 0.455 e. The third-order valence-corrected chi connectivity index (χ3v) is 10.2. The van der Waals surface area contributed by atoms with E-state index in [1.807, 2.05) is 0 Å². The summed E-state index contributed by atoms with van der Waals surface area (Å²) in [6.45, 7) is 0. The second-order valence-electron chi connectivity index (χ2n) is 13.2. The van der Waals surface area contributed by atoms with Gasteiger partial charge in [-0.1, -0.05) is 140 Å². The normalized spacial score (nSPS) is 18.9. The van der Waals surface area contributed by atoms with Crippen molar-refractivity contribution in [2.75, 3.05) is 0 Å². The number of furan rings is 1. The highest BCUT2D eigenvalue weighted by molar-refractivity contribution is 6.15. The minimum Gasteiger partial charge on any atom is -0.455 e. The van der Waals surface area contributed by atoms with E-state index in [0.29, 0.717) is 0 Å². The highest BCUT2D eigenvalue weighted by Gasteiger charge is 2.31. The van der Waals surface area contributed by atoms with Gasteiger partial charge in [-0.05, 0) is 62.2 Å². The highest BCUT2D eigenvalue weighted by Crippen LogP contribution is 2.42. The first-order chi connectivity index (χ1) is 24.2. The van der Waals surface area contributed by atoms with Crippen LogP contribution in [-0.2, 0) is 0 Å². The number of aliphatic imine (C=N–C) groups is 1. The molecule has 0 fully saturated rings. The van der Waals surface area contributed by atoms with Crippen molar-refractivity contribution in [2.24, 2.45) is 10.9 Å². The van der Waals surface area contributed by atoms with Gasteiger partial charge in [0.2, 0.25) is 0 Å². The molecule has 0 saturated heterocycles. The van der Waals surface area contributed by atoms with Crippen LogP contribution in [0.5, 0.6) is 0 Å². The molecule has 234 valence electrons. The van der Waals surface area contributed by atoms with Crippen LogP contribution in [0.4, 0.5) is 0 Å². The Morgan fingerprint density at radius 1 is 0.612 bits per heavy atom. The van der Waals surface area contributed by atoms with Gasteiger partial charge in [0.1, 0.15) is 23.2 Å². The van der Waals surface area contributed by atoms with Crippen LogP contribution in [0.2, 0.25) is 0 Å². The number of nitrogens with zero attached hydrogens (tertiary/aromatic N) is 1. The van der Waals surface area contributed by atoms with Gasteiger partial charge in [0.05, 0.1) is 6.17 Å². The first-order valence-electron chi connectivity index (χ1n) is 17.1. The van der Waals surface area contributed by atoms with Crippen LogP contribution in [0, 0.1) is 5.92 Å². The summed E-state index contributed by atoms with van der Waals surface area (Å²) < 4.78 is 6.82. The van der Waals surface area contributed by atoms with Crippen molar-refractivity contribution in [1.29, 1.82) is 0 Å². The van der Waals surface area contributed by atoms with Gasteiger partial charge >= 0.3 is 0 Å². The Morgan fingerprint density at radius 3 is 2.16 bits per heavy atom. The third kappa shape index (κ3) is 4.83. The minimum atomic E-state index is -0.308. The Morgan fingerprint density at radius 2 is 1.33 bits per heavy atom. The van der Waals surface area contributed by atoms with Crippen LogP contribution < -0.4 is 21.1 Å². The molecule has 4 nitrogen and oxygen atoms in total. The fourth-order valence-corrected chi connectivity index (χ4v) is 7.75. The van der Waals surface area contributed by atoms with Crippen molar-refractivity contribution in [1.82, 2.24) is 10.6 Å². The number of fused-ring (bicyclic) bond motifs is 6. The van der Waals surface area contributed by atoms with Crippen molar-refractivity contribution < 1.29 is 4.42 Å². The molecule has 2 aliphatic rings. The fourth-order valence-electron chi connectivity index (χ4n) is 7.75. The molecule has 10 rings (SSSR count). The molecule has 0 radical (unpaired) electrons. The first-order valence-corrected chi connectivity index (χ1v) is 17.1. The Labute approximate surface area is 283 Å². The van der Waals surface area contributed by atoms with Crippen LogP contribution in [-0.4, -0.2) is 12.0 Å². The van der Waals surface area contributed by atoms with Crippen LogP contribution in [0.3, 0.4) is 0 Å². The minimum absolute atomic E-state index is 0.0450. The Balaban J connectivity index is 1.19. The molecular weight excluding hydrogens is 599 g/mol. The number of amidine groups is 1. The molecule has 0 bridgehead atoms. The van der Waals surface area contributed by atoms with Gasteiger partial charge in [0, 0.05) is 33.4 Å². The van der Waals surface area contributed by atoms with E-state index in [1.54, 1.807) is 0 Å². The number of benzene rings is 7. The van der Waals surface area contributed by atoms with Crippen molar-refractivity contribution >= 4 is 61.5 Å². The van der Waals surface area contributed by atoms with E-state index in [4.69, 9.17) is 9.41 Å². The van der Waals surface area contributed by atoms with E-state index in [1.165, 1.54) is 26.6 Å². The highest BCUT2D eigenvalue weighted by atomic mass is 16.3. The van der Waals surface area contributed by atoms with Crippen LogP contribution >= 0.6 is 0 Å². The molecule has 1 aliphatic heterocycles. The zero-order chi connectivity index (χ0) is 32.3. The lowest BCUT2D eigenvalue weighted by Crippen LogP contribution is -2.55. The quantitative estimate of drug-likeness (QED) is 0.204. The van der Waals surface area contributed by atoms with E-state index < -0.39 is 0 Å². The second-order valence-corrected chi connectivity index (χ2v) is 13.2. The van der Waals surface area contributed by atoms with Crippen LogP contribution in [0.15, 0.2) is 155 Å². The number of rotatable bonds is 4. The monoisotopic (exact) mass is 631 g/mol. The van der Waals surface area contributed by atoms with Gasteiger partial charge in [0.15, 0.2) is 0 Å². The summed E-state index contributed by atoms with van der Waals surface area (Å²) >= 11 is 0. The van der Waals surface area contributed by atoms with Crippen molar-refractivity contribution in [3.63, 3.8) is 0 Å². The summed E-state index contributed by atoms with van der Waals surface area (Å²) in [5.41, 5.74) is 6.17. The molecule has 0 spiro atoms. The van der Waals surface area contributed by atoms with E-state index >= 15 is 0 Å². The molecule has 0 saturated carbocycles. The zero-order valence-corrected chi connectivity index (χ0v) is 26.8. The zero-order valence-electron chi connectivity index (χ0n) is 26.8. The lowest BCUT2D eigenvalue weighted by atomic mass is 9.92. The van der Waals surface area contributed by atoms with Crippen LogP contribution in [0.1, 0.15) is 23.7 Å². The number of nitrogens with one attached hydrogen (secondary N) is 2. The van der Waals surface area contributed by atoms with E-state index in [-0.39, 0.29) is 18.2 Å². The van der Waals surface area contributed by atoms with Crippen molar-refractivity contribution in [3.05, 3.63) is 167 Å². The van der Waals surface area contributed by atoms with Gasteiger partial charge in [0.25, 0.3) is 0 Å². The van der Waals surface area contributed by atoms with Gasteiger partial charge in [-0.3, -0.25) is 5.32 Å². The van der Waals surface area contributed by atoms with E-state index in [2.05, 4.69) is 168 Å². The summed E-state index contributed by atoms with van der Waals surface area (Å²) in [6.07, 6.45) is 5.35. The molecule has 2 heterocycles. The molecule has 3 unspecified atom stereocenters. The Kier molecular flexibility index (Phi) is 6.49. The topological polar surface area (TPSA) is 49.6 Å². The molecule has 3 atom stereocenters. The summed E-state index contributed by atoms with van der Waals surface area (Å²) in [4.78, 5) is 5.45. The average molecular weight is 632 g/mol. The summed E-state index contributed by atoms with van der Waals surface area (Å²) in [6, 6.07) is 51.7. The van der Waals surface area contributed by atoms with Gasteiger partial charge in [-0.15, -0.1) is 0 Å². The number of hydrogen-bond acceptors (Lipinski definition) is 4. The molecule has 8 aromatic rings. The molecule has 0 amide bonds. The molecule has 1 aliphatic carbocycles. The molecule has 2 N–H and O–H groups in total. The maximum absolute atomic E-state index is 6.82. The lowest BCUT2D eigenvalue weighted by molar-refractivity contribution is 0.343. The van der Waals surface area contributed by atoms with Gasteiger partial charge < -0.3 is 9.73 Å². The second kappa shape index (κ2) is 11.3. The third-order valence-electron chi connectivity index (χ3n) is 10.2.